The van der Waals surface area contributed by atoms with Crippen LogP contribution in [0.5, 0.6) is 0 Å². The van der Waals surface area contributed by atoms with Gasteiger partial charge in [-0.3, -0.25) is 0 Å². The van der Waals surface area contributed by atoms with Crippen LogP contribution < -0.4 is 0 Å². The minimum Gasteiger partial charge on any atom is -0.373 e. The maximum Gasteiger partial charge on any atom is 0.159 e. The van der Waals surface area contributed by atoms with Crippen LogP contribution in [0, 0.1) is 0 Å². The van der Waals surface area contributed by atoms with Gasteiger partial charge in [0.15, 0.2) is 6.29 Å². The van der Waals surface area contributed by atoms with Crippen LogP contribution in [0.25, 0.3) is 0 Å². The second-order valence-electron chi connectivity index (χ2n) is 3.15. The van der Waals surface area contributed by atoms with E-state index in [4.69, 9.17) is 14.2 Å². The summed E-state index contributed by atoms with van der Waals surface area (Å²) < 4.78 is 15.4. The Morgan fingerprint density at radius 3 is 2.92 bits per heavy atom. The lowest BCUT2D eigenvalue weighted by Gasteiger charge is -2.18. The highest BCUT2D eigenvalue weighted by Crippen LogP contribution is 2.11. The number of aliphatic hydroxyl groups excluding tert-OH is 1. The molecule has 72 valence electrons. The summed E-state index contributed by atoms with van der Waals surface area (Å²) in [5, 5.41) is 9.19. The molecule has 1 rings (SSSR count). The molecule has 0 amide bonds. The van der Waals surface area contributed by atoms with Gasteiger partial charge in [0.25, 0.3) is 0 Å². The predicted molar refractivity (Wildman–Crippen MR) is 42.5 cm³/mol. The summed E-state index contributed by atoms with van der Waals surface area (Å²) in [5.41, 5.74) is 0. The summed E-state index contributed by atoms with van der Waals surface area (Å²) in [7, 11) is 0. The van der Waals surface area contributed by atoms with E-state index < -0.39 is 6.29 Å². The van der Waals surface area contributed by atoms with Gasteiger partial charge in [0.2, 0.25) is 0 Å². The van der Waals surface area contributed by atoms with Crippen molar-refractivity contribution < 1.29 is 19.3 Å². The van der Waals surface area contributed by atoms with E-state index in [1.165, 1.54) is 0 Å². The van der Waals surface area contributed by atoms with Crippen molar-refractivity contribution in [1.29, 1.82) is 0 Å². The molecule has 2 atom stereocenters. The summed E-state index contributed by atoms with van der Waals surface area (Å²) in [6.45, 7) is 4.56. The van der Waals surface area contributed by atoms with Gasteiger partial charge in [-0.05, 0) is 13.8 Å². The Morgan fingerprint density at radius 2 is 2.25 bits per heavy atom. The van der Waals surface area contributed by atoms with Crippen LogP contribution in [-0.2, 0) is 14.2 Å². The minimum atomic E-state index is -0.753. The molecule has 0 bridgehead atoms. The third kappa shape index (κ3) is 3.49. The number of hydrogen-bond donors (Lipinski definition) is 1. The van der Waals surface area contributed by atoms with E-state index in [1.807, 2.05) is 13.8 Å². The topological polar surface area (TPSA) is 47.9 Å². The van der Waals surface area contributed by atoms with Crippen LogP contribution in [0.1, 0.15) is 20.3 Å². The molecule has 0 aromatic heterocycles. The summed E-state index contributed by atoms with van der Waals surface area (Å²) in [4.78, 5) is 0. The molecule has 1 saturated heterocycles. The Bertz CT molecular complexity index is 126. The lowest BCUT2D eigenvalue weighted by atomic mass is 10.2. The highest BCUT2D eigenvalue weighted by atomic mass is 16.7. The first-order valence-corrected chi connectivity index (χ1v) is 4.21. The van der Waals surface area contributed by atoms with Crippen molar-refractivity contribution in [2.75, 3.05) is 13.4 Å². The second kappa shape index (κ2) is 4.77. The molecule has 1 N–H and O–H groups in total. The van der Waals surface area contributed by atoms with Gasteiger partial charge in [-0.2, -0.15) is 0 Å². The lowest BCUT2D eigenvalue weighted by molar-refractivity contribution is -0.151. The third-order valence-corrected chi connectivity index (χ3v) is 1.58. The van der Waals surface area contributed by atoms with Gasteiger partial charge >= 0.3 is 0 Å². The maximum absolute atomic E-state index is 9.19. The standard InChI is InChI=1S/C8H16O4/c1-6(2)12-7-3-8(9)11-5-10-4-7/h6-9H,3-5H2,1-2H3. The van der Waals surface area contributed by atoms with E-state index in [0.29, 0.717) is 13.0 Å². The zero-order chi connectivity index (χ0) is 8.97. The van der Waals surface area contributed by atoms with Crippen LogP contribution in [0.15, 0.2) is 0 Å². The molecule has 0 radical (unpaired) electrons. The SMILES string of the molecule is CC(C)OC1COCOC(O)C1. The van der Waals surface area contributed by atoms with Gasteiger partial charge in [-0.1, -0.05) is 0 Å². The molecule has 4 heteroatoms. The molecule has 1 aliphatic rings. The van der Waals surface area contributed by atoms with Gasteiger partial charge in [-0.15, -0.1) is 0 Å². The molecule has 0 aromatic rings. The molecule has 0 saturated carbocycles. The first-order valence-electron chi connectivity index (χ1n) is 4.21. The Morgan fingerprint density at radius 1 is 1.50 bits per heavy atom. The van der Waals surface area contributed by atoms with E-state index in [9.17, 15) is 5.11 Å². The Balaban J connectivity index is 2.31. The molecule has 4 nitrogen and oxygen atoms in total. The molecule has 1 fully saturated rings. The van der Waals surface area contributed by atoms with Crippen molar-refractivity contribution in [2.24, 2.45) is 0 Å². The van der Waals surface area contributed by atoms with E-state index >= 15 is 0 Å². The Kier molecular flexibility index (Phi) is 3.94. The molecule has 1 aliphatic heterocycles. The molecular weight excluding hydrogens is 160 g/mol. The van der Waals surface area contributed by atoms with Crippen molar-refractivity contribution >= 4 is 0 Å². The smallest absolute Gasteiger partial charge is 0.159 e. The molecule has 0 spiro atoms. The zero-order valence-corrected chi connectivity index (χ0v) is 7.53. The molecule has 2 unspecified atom stereocenters. The van der Waals surface area contributed by atoms with E-state index in [2.05, 4.69) is 0 Å². The van der Waals surface area contributed by atoms with Gasteiger partial charge in [0.05, 0.1) is 18.8 Å². The monoisotopic (exact) mass is 176 g/mol. The molecule has 0 aromatic carbocycles. The highest BCUT2D eigenvalue weighted by molar-refractivity contribution is 4.62. The molecule has 0 aliphatic carbocycles. The van der Waals surface area contributed by atoms with Crippen molar-refractivity contribution in [3.05, 3.63) is 0 Å². The van der Waals surface area contributed by atoms with E-state index in [-0.39, 0.29) is 19.0 Å². The van der Waals surface area contributed by atoms with Crippen LogP contribution in [-0.4, -0.2) is 37.0 Å². The number of aliphatic hydroxyl groups is 1. The largest absolute Gasteiger partial charge is 0.373 e. The fraction of sp³-hybridized carbons (Fsp3) is 1.00. The van der Waals surface area contributed by atoms with Crippen molar-refractivity contribution in [2.45, 2.75) is 38.8 Å². The van der Waals surface area contributed by atoms with Gasteiger partial charge in [0.1, 0.15) is 6.79 Å². The quantitative estimate of drug-likeness (QED) is 0.665. The highest BCUT2D eigenvalue weighted by Gasteiger charge is 2.20. The van der Waals surface area contributed by atoms with Crippen molar-refractivity contribution in [3.63, 3.8) is 0 Å². The summed E-state index contributed by atoms with van der Waals surface area (Å²) in [5.74, 6) is 0. The fourth-order valence-electron chi connectivity index (χ4n) is 1.15. The van der Waals surface area contributed by atoms with E-state index in [0.717, 1.165) is 0 Å². The predicted octanol–water partition coefficient (Wildman–Crippen LogP) is 0.493. The number of hydrogen-bond acceptors (Lipinski definition) is 4. The first kappa shape index (κ1) is 9.92. The normalized spacial score (nSPS) is 32.0. The van der Waals surface area contributed by atoms with E-state index in [1.54, 1.807) is 0 Å². The van der Waals surface area contributed by atoms with Crippen LogP contribution in [0.3, 0.4) is 0 Å². The average Bonchev–Trinajstić information content (AvgIpc) is 2.12. The van der Waals surface area contributed by atoms with Crippen LogP contribution in [0.2, 0.25) is 0 Å². The van der Waals surface area contributed by atoms with Gasteiger partial charge < -0.3 is 19.3 Å². The van der Waals surface area contributed by atoms with Crippen LogP contribution >= 0.6 is 0 Å². The number of ether oxygens (including phenoxy) is 3. The molecule has 1 heterocycles. The third-order valence-electron chi connectivity index (χ3n) is 1.58. The van der Waals surface area contributed by atoms with Gasteiger partial charge in [0, 0.05) is 6.42 Å². The second-order valence-corrected chi connectivity index (χ2v) is 3.15. The lowest BCUT2D eigenvalue weighted by Crippen LogP contribution is -2.25. The number of rotatable bonds is 2. The summed E-state index contributed by atoms with van der Waals surface area (Å²) in [6, 6.07) is 0. The molecule has 12 heavy (non-hydrogen) atoms. The van der Waals surface area contributed by atoms with Gasteiger partial charge in [-0.25, -0.2) is 0 Å². The summed E-state index contributed by atoms with van der Waals surface area (Å²) >= 11 is 0. The Labute approximate surface area is 72.4 Å². The molecular formula is C8H16O4. The average molecular weight is 176 g/mol. The maximum atomic E-state index is 9.19. The summed E-state index contributed by atoms with van der Waals surface area (Å²) in [6.07, 6.45) is -0.166. The zero-order valence-electron chi connectivity index (χ0n) is 7.53. The fourth-order valence-corrected chi connectivity index (χ4v) is 1.15. The van der Waals surface area contributed by atoms with Crippen molar-refractivity contribution in [1.82, 2.24) is 0 Å². The van der Waals surface area contributed by atoms with Crippen LogP contribution in [0.4, 0.5) is 0 Å². The first-order chi connectivity index (χ1) is 5.68. The Hall–Kier alpha value is -0.160. The van der Waals surface area contributed by atoms with Crippen molar-refractivity contribution in [3.8, 4) is 0 Å². The minimum absolute atomic E-state index is 0.0532.